The number of hydrogen-bond donors (Lipinski definition) is 2. The van der Waals surface area contributed by atoms with Crippen molar-refractivity contribution in [3.63, 3.8) is 0 Å². The number of amides is 1. The molecular formula is C17H27N3O. The van der Waals surface area contributed by atoms with Crippen molar-refractivity contribution in [1.29, 1.82) is 0 Å². The lowest BCUT2D eigenvalue weighted by Gasteiger charge is -2.26. The molecule has 3 N–H and O–H groups in total. The molecule has 0 aromatic heterocycles. The van der Waals surface area contributed by atoms with Gasteiger partial charge in [-0.3, -0.25) is 4.79 Å². The fourth-order valence-electron chi connectivity index (χ4n) is 3.10. The first-order chi connectivity index (χ1) is 10.1. The zero-order chi connectivity index (χ0) is 15.3. The molecule has 4 heteroatoms. The van der Waals surface area contributed by atoms with Crippen LogP contribution in [-0.4, -0.2) is 30.4 Å². The molecule has 1 fully saturated rings. The maximum absolute atomic E-state index is 12.0. The van der Waals surface area contributed by atoms with E-state index in [-0.39, 0.29) is 5.91 Å². The molecule has 0 spiro atoms. The Hall–Kier alpha value is -1.55. The molecule has 21 heavy (non-hydrogen) atoms. The van der Waals surface area contributed by atoms with Gasteiger partial charge in [-0.2, -0.15) is 0 Å². The average Bonchev–Trinajstić information content (AvgIpc) is 2.92. The molecule has 1 aromatic rings. The Morgan fingerprint density at radius 1 is 1.29 bits per heavy atom. The van der Waals surface area contributed by atoms with Crippen LogP contribution in [0.4, 0.5) is 11.4 Å². The highest BCUT2D eigenvalue weighted by Gasteiger charge is 2.34. The molecule has 1 aliphatic rings. The Balaban J connectivity index is 1.76. The van der Waals surface area contributed by atoms with Crippen molar-refractivity contribution >= 4 is 17.3 Å². The summed E-state index contributed by atoms with van der Waals surface area (Å²) in [4.78, 5) is 14.4. The van der Waals surface area contributed by atoms with Crippen molar-refractivity contribution in [2.45, 2.75) is 39.5 Å². The Kier molecular flexibility index (Phi) is 5.23. The van der Waals surface area contributed by atoms with Crippen molar-refractivity contribution in [2.75, 3.05) is 30.7 Å². The summed E-state index contributed by atoms with van der Waals surface area (Å²) in [5.74, 6) is 0.0743. The zero-order valence-electron chi connectivity index (χ0n) is 13.2. The summed E-state index contributed by atoms with van der Waals surface area (Å²) >= 11 is 0. The van der Waals surface area contributed by atoms with E-state index in [2.05, 4.69) is 24.1 Å². The van der Waals surface area contributed by atoms with E-state index in [1.807, 2.05) is 12.1 Å². The van der Waals surface area contributed by atoms with Crippen LogP contribution in [0.25, 0.3) is 0 Å². The molecule has 0 unspecified atom stereocenters. The van der Waals surface area contributed by atoms with Crippen LogP contribution in [0.2, 0.25) is 0 Å². The lowest BCUT2D eigenvalue weighted by Crippen LogP contribution is -2.29. The second-order valence-corrected chi connectivity index (χ2v) is 6.15. The second kappa shape index (κ2) is 6.94. The van der Waals surface area contributed by atoms with E-state index in [4.69, 9.17) is 5.73 Å². The van der Waals surface area contributed by atoms with Gasteiger partial charge in [-0.25, -0.2) is 0 Å². The van der Waals surface area contributed by atoms with Gasteiger partial charge in [-0.05, 0) is 55.5 Å². The zero-order valence-corrected chi connectivity index (χ0v) is 13.2. The summed E-state index contributed by atoms with van der Waals surface area (Å²) < 4.78 is 0. The van der Waals surface area contributed by atoms with Gasteiger partial charge in [0.25, 0.3) is 0 Å². The largest absolute Gasteiger partial charge is 0.399 e. The summed E-state index contributed by atoms with van der Waals surface area (Å²) in [5.41, 5.74) is 7.63. The van der Waals surface area contributed by atoms with Crippen molar-refractivity contribution < 1.29 is 4.79 Å². The molecule has 0 aliphatic carbocycles. The van der Waals surface area contributed by atoms with Gasteiger partial charge in [0, 0.05) is 30.9 Å². The van der Waals surface area contributed by atoms with Gasteiger partial charge in [0.15, 0.2) is 0 Å². The quantitative estimate of drug-likeness (QED) is 0.791. The molecule has 1 amide bonds. The minimum atomic E-state index is 0.0743. The number of nitrogens with zero attached hydrogens (tertiary/aromatic N) is 1. The SMILES string of the molecule is CCC1(CC)CCN(CCC(=O)Nc2ccc(N)cc2)C1. The molecule has 1 heterocycles. The Labute approximate surface area is 127 Å². The number of hydrogen-bond acceptors (Lipinski definition) is 3. The van der Waals surface area contributed by atoms with Crippen LogP contribution in [-0.2, 0) is 4.79 Å². The lowest BCUT2D eigenvalue weighted by molar-refractivity contribution is -0.116. The van der Waals surface area contributed by atoms with E-state index in [1.54, 1.807) is 12.1 Å². The summed E-state index contributed by atoms with van der Waals surface area (Å²) in [7, 11) is 0. The van der Waals surface area contributed by atoms with Crippen LogP contribution < -0.4 is 11.1 Å². The molecule has 0 saturated carbocycles. The molecule has 2 rings (SSSR count). The highest BCUT2D eigenvalue weighted by atomic mass is 16.1. The van der Waals surface area contributed by atoms with Crippen molar-refractivity contribution in [3.8, 4) is 0 Å². The fourth-order valence-corrected chi connectivity index (χ4v) is 3.10. The van der Waals surface area contributed by atoms with Crippen LogP contribution in [0, 0.1) is 5.41 Å². The number of nitrogens with two attached hydrogens (primary N) is 1. The van der Waals surface area contributed by atoms with Crippen LogP contribution in [0.5, 0.6) is 0 Å². The molecular weight excluding hydrogens is 262 g/mol. The molecule has 1 aromatic carbocycles. The third kappa shape index (κ3) is 4.21. The minimum absolute atomic E-state index is 0.0743. The number of nitrogens with one attached hydrogen (secondary N) is 1. The molecule has 116 valence electrons. The number of carbonyl (C=O) groups excluding carboxylic acids is 1. The van der Waals surface area contributed by atoms with Crippen LogP contribution in [0.1, 0.15) is 39.5 Å². The third-order valence-corrected chi connectivity index (χ3v) is 4.87. The maximum atomic E-state index is 12.0. The molecule has 4 nitrogen and oxygen atoms in total. The molecule has 1 saturated heterocycles. The van der Waals surface area contributed by atoms with E-state index in [1.165, 1.54) is 19.3 Å². The number of nitrogen functional groups attached to an aromatic ring is 1. The van der Waals surface area contributed by atoms with Gasteiger partial charge in [0.2, 0.25) is 5.91 Å². The number of rotatable bonds is 6. The van der Waals surface area contributed by atoms with E-state index in [0.717, 1.165) is 25.3 Å². The number of benzene rings is 1. The van der Waals surface area contributed by atoms with Gasteiger partial charge >= 0.3 is 0 Å². The molecule has 0 atom stereocenters. The smallest absolute Gasteiger partial charge is 0.225 e. The minimum Gasteiger partial charge on any atom is -0.399 e. The predicted molar refractivity (Wildman–Crippen MR) is 88.2 cm³/mol. The maximum Gasteiger partial charge on any atom is 0.225 e. The highest BCUT2D eigenvalue weighted by Crippen LogP contribution is 2.36. The monoisotopic (exact) mass is 289 g/mol. The van der Waals surface area contributed by atoms with Crippen LogP contribution in [0.3, 0.4) is 0 Å². The first kappa shape index (κ1) is 15.8. The van der Waals surface area contributed by atoms with Gasteiger partial charge < -0.3 is 16.0 Å². The second-order valence-electron chi connectivity index (χ2n) is 6.15. The van der Waals surface area contributed by atoms with Gasteiger partial charge in [-0.15, -0.1) is 0 Å². The van der Waals surface area contributed by atoms with E-state index >= 15 is 0 Å². The van der Waals surface area contributed by atoms with E-state index in [0.29, 0.717) is 17.5 Å². The summed E-state index contributed by atoms with van der Waals surface area (Å²) in [6, 6.07) is 7.27. The first-order valence-corrected chi connectivity index (χ1v) is 7.94. The van der Waals surface area contributed by atoms with Crippen LogP contribution >= 0.6 is 0 Å². The first-order valence-electron chi connectivity index (χ1n) is 7.94. The number of carbonyl (C=O) groups is 1. The lowest BCUT2D eigenvalue weighted by atomic mass is 9.82. The molecule has 1 aliphatic heterocycles. The van der Waals surface area contributed by atoms with Gasteiger partial charge in [0.1, 0.15) is 0 Å². The van der Waals surface area contributed by atoms with E-state index < -0.39 is 0 Å². The Morgan fingerprint density at radius 2 is 1.95 bits per heavy atom. The number of anilines is 2. The standard InChI is InChI=1S/C17H27N3O/c1-3-17(4-2)10-12-20(13-17)11-9-16(21)19-15-7-5-14(18)6-8-15/h5-8H,3-4,9-13,18H2,1-2H3,(H,19,21). The third-order valence-electron chi connectivity index (χ3n) is 4.87. The fraction of sp³-hybridized carbons (Fsp3) is 0.588. The van der Waals surface area contributed by atoms with Gasteiger partial charge in [-0.1, -0.05) is 13.8 Å². The predicted octanol–water partition coefficient (Wildman–Crippen LogP) is 3.11. The van der Waals surface area contributed by atoms with Crippen molar-refractivity contribution in [2.24, 2.45) is 5.41 Å². The van der Waals surface area contributed by atoms with Crippen molar-refractivity contribution in [3.05, 3.63) is 24.3 Å². The molecule has 0 radical (unpaired) electrons. The summed E-state index contributed by atoms with van der Waals surface area (Å²) in [5, 5.41) is 2.92. The molecule has 0 bridgehead atoms. The number of likely N-dealkylation sites (tertiary alicyclic amines) is 1. The van der Waals surface area contributed by atoms with Crippen molar-refractivity contribution in [1.82, 2.24) is 4.90 Å². The Bertz CT molecular complexity index is 465. The highest BCUT2D eigenvalue weighted by molar-refractivity contribution is 5.90. The van der Waals surface area contributed by atoms with Gasteiger partial charge in [0.05, 0.1) is 0 Å². The topological polar surface area (TPSA) is 58.4 Å². The van der Waals surface area contributed by atoms with Crippen LogP contribution in [0.15, 0.2) is 24.3 Å². The van der Waals surface area contributed by atoms with E-state index in [9.17, 15) is 4.79 Å². The average molecular weight is 289 g/mol. The summed E-state index contributed by atoms with van der Waals surface area (Å²) in [6.45, 7) is 7.66. The normalized spacial score (nSPS) is 17.8. The Morgan fingerprint density at radius 3 is 2.52 bits per heavy atom. The summed E-state index contributed by atoms with van der Waals surface area (Å²) in [6.07, 6.45) is 4.28.